The number of thiophene rings is 1. The fraction of sp³-hybridized carbons (Fsp3) is 0.111. The molecule has 0 atom stereocenters. The molecular weight excluding hydrogens is 428 g/mol. The first-order valence-corrected chi connectivity index (χ1v) is 11.4. The smallest absolute Gasteiger partial charge is 0.236 e. The average Bonchev–Trinajstić information content (AvgIpc) is 3.19. The van der Waals surface area contributed by atoms with Crippen molar-refractivity contribution in [2.45, 2.75) is 13.5 Å². The molecular formula is C27H22N4OS. The van der Waals surface area contributed by atoms with Crippen molar-refractivity contribution in [3.63, 3.8) is 0 Å². The molecule has 3 heterocycles. The Balaban J connectivity index is 0.000000324. The third-order valence-corrected chi connectivity index (χ3v) is 6.30. The van der Waals surface area contributed by atoms with E-state index in [9.17, 15) is 0 Å². The molecule has 0 radical (unpaired) electrons. The third kappa shape index (κ3) is 4.32. The van der Waals surface area contributed by atoms with Crippen molar-refractivity contribution in [2.75, 3.05) is 12.4 Å². The minimum absolute atomic E-state index is 0.628. The molecule has 0 amide bonds. The zero-order valence-corrected chi connectivity index (χ0v) is 19.2. The number of hydrogen-bond donors (Lipinski definition) is 1. The average molecular weight is 451 g/mol. The standard InChI is InChI=1S/C21H18N4OS.C6H4/c1-4-16-9-11-27-19(16)18-20(25-10-8-14(2)23-21(25)24-18)22-13-15-6-5-7-17(12-15)26-3;1-2-5-4-6(5)3-1/h1,5-12,22H,13H2,2-3H3;1-4H. The lowest BCUT2D eigenvalue weighted by Gasteiger charge is -2.09. The van der Waals surface area contributed by atoms with Gasteiger partial charge < -0.3 is 10.1 Å². The molecule has 4 aromatic rings. The largest absolute Gasteiger partial charge is 0.497 e. The van der Waals surface area contributed by atoms with Crippen LogP contribution in [0.25, 0.3) is 27.5 Å². The van der Waals surface area contributed by atoms with Crippen molar-refractivity contribution < 1.29 is 4.74 Å². The molecule has 1 aromatic carbocycles. The van der Waals surface area contributed by atoms with Crippen molar-refractivity contribution in [1.82, 2.24) is 14.4 Å². The number of aryl methyl sites for hydroxylation is 1. The van der Waals surface area contributed by atoms with Crippen LogP contribution in [-0.4, -0.2) is 21.5 Å². The number of aromatic nitrogens is 3. The number of rotatable bonds is 5. The molecule has 2 aliphatic rings. The van der Waals surface area contributed by atoms with Crippen molar-refractivity contribution in [1.29, 1.82) is 0 Å². The highest BCUT2D eigenvalue weighted by Crippen LogP contribution is 2.35. The van der Waals surface area contributed by atoms with E-state index in [1.165, 1.54) is 11.1 Å². The summed E-state index contributed by atoms with van der Waals surface area (Å²) in [4.78, 5) is 10.3. The van der Waals surface area contributed by atoms with Gasteiger partial charge in [-0.3, -0.25) is 4.40 Å². The van der Waals surface area contributed by atoms with Crippen LogP contribution in [0, 0.1) is 19.3 Å². The Bertz CT molecular complexity index is 1470. The van der Waals surface area contributed by atoms with Gasteiger partial charge in [0.15, 0.2) is 0 Å². The van der Waals surface area contributed by atoms with Gasteiger partial charge in [0, 0.05) is 24.0 Å². The van der Waals surface area contributed by atoms with E-state index < -0.39 is 0 Å². The second kappa shape index (κ2) is 8.81. The summed E-state index contributed by atoms with van der Waals surface area (Å²) in [5.41, 5.74) is 6.54. The zero-order valence-electron chi connectivity index (χ0n) is 18.4. The van der Waals surface area contributed by atoms with Gasteiger partial charge >= 0.3 is 0 Å². The van der Waals surface area contributed by atoms with Gasteiger partial charge in [-0.2, -0.15) is 0 Å². The SMILES string of the molecule is C#Cc1ccsc1-c1nc2nc(C)ccn2c1NCc1cccc(OC)c1.c1cc2cc-2c1. The number of ether oxygens (including phenoxy) is 1. The topological polar surface area (TPSA) is 51.5 Å². The quantitative estimate of drug-likeness (QED) is 0.326. The van der Waals surface area contributed by atoms with Gasteiger partial charge in [-0.05, 0) is 59.3 Å². The molecule has 3 aromatic heterocycles. The number of nitrogens with one attached hydrogen (secondary N) is 1. The van der Waals surface area contributed by atoms with Crippen LogP contribution < -0.4 is 10.1 Å². The molecule has 0 bridgehead atoms. The monoisotopic (exact) mass is 450 g/mol. The Labute approximate surface area is 196 Å². The maximum Gasteiger partial charge on any atom is 0.236 e. The Morgan fingerprint density at radius 3 is 2.58 bits per heavy atom. The van der Waals surface area contributed by atoms with Gasteiger partial charge in [-0.25, -0.2) is 9.97 Å². The van der Waals surface area contributed by atoms with Crippen LogP contribution in [0.15, 0.2) is 72.2 Å². The van der Waals surface area contributed by atoms with Crippen molar-refractivity contribution in [3.05, 3.63) is 89.1 Å². The van der Waals surface area contributed by atoms with Crippen LogP contribution in [0.4, 0.5) is 5.82 Å². The molecule has 6 rings (SSSR count). The summed E-state index contributed by atoms with van der Waals surface area (Å²) in [6, 6.07) is 20.4. The predicted octanol–water partition coefficient (Wildman–Crippen LogP) is 6.04. The summed E-state index contributed by atoms with van der Waals surface area (Å²) >= 11 is 1.58. The molecule has 0 saturated heterocycles. The van der Waals surface area contributed by atoms with E-state index in [0.29, 0.717) is 12.3 Å². The molecule has 33 heavy (non-hydrogen) atoms. The van der Waals surface area contributed by atoms with Crippen molar-refractivity contribution >= 4 is 22.9 Å². The lowest BCUT2D eigenvalue weighted by molar-refractivity contribution is 0.414. The van der Waals surface area contributed by atoms with Crippen LogP contribution in [0.3, 0.4) is 0 Å². The van der Waals surface area contributed by atoms with Gasteiger partial charge in [0.2, 0.25) is 5.78 Å². The highest BCUT2D eigenvalue weighted by Gasteiger charge is 2.18. The van der Waals surface area contributed by atoms with Crippen molar-refractivity contribution in [3.8, 4) is 39.8 Å². The second-order valence-corrected chi connectivity index (χ2v) is 8.56. The molecule has 162 valence electrons. The lowest BCUT2D eigenvalue weighted by Crippen LogP contribution is -2.04. The first-order valence-electron chi connectivity index (χ1n) is 10.5. The number of terminal acetylenes is 1. The fourth-order valence-electron chi connectivity index (χ4n) is 3.60. The molecule has 0 unspecified atom stereocenters. The Hall–Kier alpha value is -4.08. The molecule has 0 fully saturated rings. The number of anilines is 1. The van der Waals surface area contributed by atoms with Crippen LogP contribution in [-0.2, 0) is 6.54 Å². The minimum Gasteiger partial charge on any atom is -0.497 e. The van der Waals surface area contributed by atoms with Crippen LogP contribution in [0.1, 0.15) is 16.8 Å². The molecule has 5 nitrogen and oxygen atoms in total. The number of benzene rings is 2. The Morgan fingerprint density at radius 1 is 1.06 bits per heavy atom. The van der Waals surface area contributed by atoms with E-state index in [4.69, 9.17) is 16.1 Å². The number of methoxy groups -OCH3 is 1. The molecule has 0 spiro atoms. The molecule has 0 aliphatic heterocycles. The Morgan fingerprint density at radius 2 is 1.88 bits per heavy atom. The molecule has 1 N–H and O–H groups in total. The van der Waals surface area contributed by atoms with E-state index in [0.717, 1.165) is 39.0 Å². The maximum absolute atomic E-state index is 5.67. The highest BCUT2D eigenvalue weighted by molar-refractivity contribution is 7.13. The summed E-state index contributed by atoms with van der Waals surface area (Å²) in [5.74, 6) is 5.10. The first-order chi connectivity index (χ1) is 16.2. The summed E-state index contributed by atoms with van der Waals surface area (Å²) in [5, 5.41) is 5.49. The van der Waals surface area contributed by atoms with Gasteiger partial charge in [-0.15, -0.1) is 17.8 Å². The van der Waals surface area contributed by atoms with Crippen LogP contribution >= 0.6 is 11.3 Å². The van der Waals surface area contributed by atoms with Gasteiger partial charge in [-0.1, -0.05) is 36.3 Å². The zero-order chi connectivity index (χ0) is 22.8. The maximum atomic E-state index is 5.67. The van der Waals surface area contributed by atoms with E-state index in [1.54, 1.807) is 18.4 Å². The second-order valence-electron chi connectivity index (χ2n) is 7.64. The first kappa shape index (κ1) is 20.8. The number of hydrogen-bond acceptors (Lipinski definition) is 5. The third-order valence-electron chi connectivity index (χ3n) is 5.38. The minimum atomic E-state index is 0.628. The predicted molar refractivity (Wildman–Crippen MR) is 135 cm³/mol. The fourth-order valence-corrected chi connectivity index (χ4v) is 4.44. The number of imidazole rings is 1. The van der Waals surface area contributed by atoms with E-state index in [-0.39, 0.29) is 0 Å². The molecule has 2 aliphatic carbocycles. The summed E-state index contributed by atoms with van der Waals surface area (Å²) in [6.45, 7) is 2.58. The van der Waals surface area contributed by atoms with E-state index in [2.05, 4.69) is 46.6 Å². The number of nitrogens with zero attached hydrogens (tertiary/aromatic N) is 3. The van der Waals surface area contributed by atoms with E-state index >= 15 is 0 Å². The van der Waals surface area contributed by atoms with Gasteiger partial charge in [0.1, 0.15) is 17.3 Å². The molecule has 6 heteroatoms. The lowest BCUT2D eigenvalue weighted by atomic mass is 10.2. The summed E-state index contributed by atoms with van der Waals surface area (Å²) in [6.07, 6.45) is 7.65. The van der Waals surface area contributed by atoms with Crippen LogP contribution in [0.5, 0.6) is 5.75 Å². The molecule has 0 saturated carbocycles. The summed E-state index contributed by atoms with van der Waals surface area (Å²) < 4.78 is 7.27. The highest BCUT2D eigenvalue weighted by atomic mass is 32.1. The van der Waals surface area contributed by atoms with Crippen LogP contribution in [0.2, 0.25) is 0 Å². The normalized spacial score (nSPS) is 10.8. The van der Waals surface area contributed by atoms with Gasteiger partial charge in [0.05, 0.1) is 12.0 Å². The summed E-state index contributed by atoms with van der Waals surface area (Å²) in [7, 11) is 1.67. The number of fused-ring (bicyclic) bond motifs is 2. The van der Waals surface area contributed by atoms with Crippen molar-refractivity contribution in [2.24, 2.45) is 0 Å². The van der Waals surface area contributed by atoms with Gasteiger partial charge in [0.25, 0.3) is 0 Å². The van der Waals surface area contributed by atoms with E-state index in [1.807, 2.05) is 53.2 Å². The Kier molecular flexibility index (Phi) is 5.55.